The van der Waals surface area contributed by atoms with E-state index in [2.05, 4.69) is 20.6 Å². The summed E-state index contributed by atoms with van der Waals surface area (Å²) in [6, 6.07) is 0.164. The number of nitrogens with zero attached hydrogens (tertiary/aromatic N) is 4. The van der Waals surface area contributed by atoms with Crippen molar-refractivity contribution >= 4 is 22.4 Å². The molecule has 0 bridgehead atoms. The summed E-state index contributed by atoms with van der Waals surface area (Å²) >= 11 is 0. The highest BCUT2D eigenvalue weighted by atomic mass is 19.4. The van der Waals surface area contributed by atoms with Gasteiger partial charge in [-0.2, -0.15) is 18.3 Å². The number of hydrogen-bond acceptors (Lipinski definition) is 6. The highest BCUT2D eigenvalue weighted by Crippen LogP contribution is 2.42. The minimum absolute atomic E-state index is 0.164. The fourth-order valence-electron chi connectivity index (χ4n) is 4.69. The van der Waals surface area contributed by atoms with Crippen LogP contribution in [0.15, 0.2) is 17.5 Å². The second-order valence-electron chi connectivity index (χ2n) is 8.43. The molecule has 1 saturated heterocycles. The lowest BCUT2D eigenvalue weighted by atomic mass is 9.92. The molecule has 0 radical (unpaired) electrons. The van der Waals surface area contributed by atoms with E-state index in [-0.39, 0.29) is 17.3 Å². The van der Waals surface area contributed by atoms with E-state index in [9.17, 15) is 13.2 Å². The van der Waals surface area contributed by atoms with Crippen LogP contribution in [0, 0.1) is 0 Å². The van der Waals surface area contributed by atoms with E-state index in [1.54, 1.807) is 6.20 Å². The van der Waals surface area contributed by atoms with Crippen molar-refractivity contribution in [2.75, 3.05) is 18.5 Å². The van der Waals surface area contributed by atoms with Gasteiger partial charge in [0, 0.05) is 37.4 Å². The average molecular weight is 423 g/mol. The zero-order valence-corrected chi connectivity index (χ0v) is 16.5. The molecule has 1 aliphatic carbocycles. The first-order valence-corrected chi connectivity index (χ1v) is 10.4. The van der Waals surface area contributed by atoms with Crippen LogP contribution >= 0.6 is 0 Å². The van der Waals surface area contributed by atoms with E-state index in [4.69, 9.17) is 9.57 Å². The Labute approximate surface area is 171 Å². The van der Waals surface area contributed by atoms with Gasteiger partial charge in [-0.1, -0.05) is 5.16 Å². The maximum atomic E-state index is 13.0. The van der Waals surface area contributed by atoms with Gasteiger partial charge in [0.05, 0.1) is 23.0 Å². The largest absolute Gasteiger partial charge is 0.408 e. The lowest BCUT2D eigenvalue weighted by Crippen LogP contribution is -2.29. The van der Waals surface area contributed by atoms with Crippen LogP contribution < -0.4 is 5.32 Å². The Hall–Kier alpha value is -2.36. The van der Waals surface area contributed by atoms with Crippen molar-refractivity contribution in [3.8, 4) is 0 Å². The Morgan fingerprint density at radius 2 is 1.93 bits per heavy atom. The molecule has 2 aliphatic heterocycles. The second kappa shape index (κ2) is 7.40. The van der Waals surface area contributed by atoms with Crippen molar-refractivity contribution in [1.82, 2.24) is 14.8 Å². The standard InChI is InChI=1S/C20H24F3N5O2/c21-20(22,23)12-28-18-15(11-25-28)17(26-13-3-7-29-8-4-13)14(10-24-18)16-9-19(30-27-16)5-1-2-6-19/h10-11,13H,1-9,12H2,(H,24,26). The highest BCUT2D eigenvalue weighted by Gasteiger charge is 2.42. The molecule has 2 fully saturated rings. The second-order valence-corrected chi connectivity index (χ2v) is 8.43. The maximum Gasteiger partial charge on any atom is 0.408 e. The van der Waals surface area contributed by atoms with Gasteiger partial charge in [0.1, 0.15) is 12.1 Å². The van der Waals surface area contributed by atoms with Gasteiger partial charge in [0.2, 0.25) is 0 Å². The van der Waals surface area contributed by atoms with Crippen molar-refractivity contribution in [2.24, 2.45) is 5.16 Å². The van der Waals surface area contributed by atoms with E-state index >= 15 is 0 Å². The van der Waals surface area contributed by atoms with Gasteiger partial charge in [-0.15, -0.1) is 0 Å². The molecular weight excluding hydrogens is 399 g/mol. The van der Waals surface area contributed by atoms with Crippen LogP contribution in [-0.2, 0) is 16.1 Å². The molecule has 10 heteroatoms. The van der Waals surface area contributed by atoms with E-state index in [1.807, 2.05) is 0 Å². The molecule has 30 heavy (non-hydrogen) atoms. The van der Waals surface area contributed by atoms with Gasteiger partial charge in [0.25, 0.3) is 0 Å². The minimum Gasteiger partial charge on any atom is -0.389 e. The Balaban J connectivity index is 1.53. The topological polar surface area (TPSA) is 73.6 Å². The Morgan fingerprint density at radius 3 is 2.67 bits per heavy atom. The summed E-state index contributed by atoms with van der Waals surface area (Å²) in [5.74, 6) is 0. The third-order valence-corrected chi connectivity index (χ3v) is 6.23. The Kier molecular flexibility index (Phi) is 4.83. The molecule has 0 unspecified atom stereocenters. The molecule has 4 heterocycles. The quantitative estimate of drug-likeness (QED) is 0.804. The highest BCUT2D eigenvalue weighted by molar-refractivity contribution is 6.10. The summed E-state index contributed by atoms with van der Waals surface area (Å²) in [4.78, 5) is 10.2. The first-order valence-electron chi connectivity index (χ1n) is 10.4. The summed E-state index contributed by atoms with van der Waals surface area (Å²) < 4.78 is 45.2. The van der Waals surface area contributed by atoms with Gasteiger partial charge in [-0.05, 0) is 38.5 Å². The number of oxime groups is 1. The van der Waals surface area contributed by atoms with Crippen molar-refractivity contribution in [2.45, 2.75) is 69.3 Å². The zero-order chi connectivity index (χ0) is 20.8. The van der Waals surface area contributed by atoms with Crippen LogP contribution in [0.2, 0.25) is 0 Å². The predicted molar refractivity (Wildman–Crippen MR) is 104 cm³/mol. The molecule has 3 aliphatic rings. The van der Waals surface area contributed by atoms with Gasteiger partial charge in [0.15, 0.2) is 5.65 Å². The molecule has 5 rings (SSSR count). The van der Waals surface area contributed by atoms with Crippen LogP contribution in [0.4, 0.5) is 18.9 Å². The molecule has 1 saturated carbocycles. The van der Waals surface area contributed by atoms with Gasteiger partial charge < -0.3 is 14.9 Å². The van der Waals surface area contributed by atoms with Crippen LogP contribution in [0.1, 0.15) is 50.5 Å². The summed E-state index contributed by atoms with van der Waals surface area (Å²) in [5, 5.41) is 12.4. The minimum atomic E-state index is -4.37. The number of halogens is 3. The summed E-state index contributed by atoms with van der Waals surface area (Å²) in [6.45, 7) is 0.135. The zero-order valence-electron chi connectivity index (χ0n) is 16.5. The van der Waals surface area contributed by atoms with Crippen LogP contribution in [-0.4, -0.2) is 51.5 Å². The van der Waals surface area contributed by atoms with Gasteiger partial charge in [-0.25, -0.2) is 9.67 Å². The summed E-state index contributed by atoms with van der Waals surface area (Å²) in [5.41, 5.74) is 2.29. The SMILES string of the molecule is FC(F)(F)Cn1ncc2c(NC3CCOCC3)c(C3=NOC4(CCCC4)C3)cnc21. The van der Waals surface area contributed by atoms with Crippen LogP contribution in [0.5, 0.6) is 0 Å². The molecule has 7 nitrogen and oxygen atoms in total. The number of ether oxygens (including phenoxy) is 1. The lowest BCUT2D eigenvalue weighted by Gasteiger charge is -2.26. The molecule has 1 N–H and O–H groups in total. The molecule has 0 atom stereocenters. The Morgan fingerprint density at radius 1 is 1.17 bits per heavy atom. The van der Waals surface area contributed by atoms with E-state index in [0.29, 0.717) is 25.0 Å². The molecule has 2 aromatic rings. The van der Waals surface area contributed by atoms with Gasteiger partial charge >= 0.3 is 6.18 Å². The number of hydrogen-bond donors (Lipinski definition) is 1. The lowest BCUT2D eigenvalue weighted by molar-refractivity contribution is -0.141. The number of pyridine rings is 1. The molecule has 0 aromatic carbocycles. The number of aromatic nitrogens is 3. The van der Waals surface area contributed by atoms with Crippen LogP contribution in [0.25, 0.3) is 11.0 Å². The molecule has 1 spiro atoms. The fourth-order valence-corrected chi connectivity index (χ4v) is 4.69. The molecule has 162 valence electrons. The normalized spacial score (nSPS) is 21.9. The monoisotopic (exact) mass is 423 g/mol. The van der Waals surface area contributed by atoms with E-state index in [1.165, 1.54) is 6.20 Å². The Bertz CT molecular complexity index is 959. The third kappa shape index (κ3) is 3.73. The number of alkyl halides is 3. The third-order valence-electron chi connectivity index (χ3n) is 6.23. The summed E-state index contributed by atoms with van der Waals surface area (Å²) in [6.07, 6.45) is 5.24. The first-order chi connectivity index (χ1) is 14.4. The number of fused-ring (bicyclic) bond motifs is 1. The van der Waals surface area contributed by atoms with Crippen LogP contribution in [0.3, 0.4) is 0 Å². The van der Waals surface area contributed by atoms with Crippen molar-refractivity contribution in [3.63, 3.8) is 0 Å². The fraction of sp³-hybridized carbons (Fsp3) is 0.650. The molecule has 2 aromatic heterocycles. The van der Waals surface area contributed by atoms with Crippen molar-refractivity contribution in [1.29, 1.82) is 0 Å². The molecular formula is C20H24F3N5O2. The van der Waals surface area contributed by atoms with Crippen molar-refractivity contribution in [3.05, 3.63) is 18.0 Å². The predicted octanol–water partition coefficient (Wildman–Crippen LogP) is 4.02. The smallest absolute Gasteiger partial charge is 0.389 e. The summed E-state index contributed by atoms with van der Waals surface area (Å²) in [7, 11) is 0. The van der Waals surface area contributed by atoms with Crippen molar-refractivity contribution < 1.29 is 22.7 Å². The number of rotatable bonds is 4. The van der Waals surface area contributed by atoms with Gasteiger partial charge in [-0.3, -0.25) is 0 Å². The first kappa shape index (κ1) is 19.6. The van der Waals surface area contributed by atoms with E-state index in [0.717, 1.165) is 60.2 Å². The average Bonchev–Trinajstić information content (AvgIpc) is 3.44. The van der Waals surface area contributed by atoms with E-state index < -0.39 is 12.7 Å². The number of nitrogens with one attached hydrogen (secondary N) is 1. The molecule has 0 amide bonds. The number of anilines is 1. The maximum absolute atomic E-state index is 13.0.